The molecule has 1 heterocycles. The lowest BCUT2D eigenvalue weighted by molar-refractivity contribution is 0.00583. The molecule has 0 saturated heterocycles. The minimum absolute atomic E-state index is 0.0410. The number of halogens is 2. The Labute approximate surface area is 92.5 Å². The summed E-state index contributed by atoms with van der Waals surface area (Å²) in [5.41, 5.74) is 1.02. The van der Waals surface area contributed by atoms with Gasteiger partial charge in [0.15, 0.2) is 5.83 Å². The van der Waals surface area contributed by atoms with Gasteiger partial charge in [-0.15, -0.1) is 0 Å². The molecule has 0 fully saturated rings. The van der Waals surface area contributed by atoms with Gasteiger partial charge in [0.1, 0.15) is 6.10 Å². The van der Waals surface area contributed by atoms with Gasteiger partial charge >= 0.3 is 6.01 Å². The molecule has 4 heteroatoms. The maximum atomic E-state index is 12.6. The molecular formula is C12H12F2O2. The third kappa shape index (κ3) is 2.79. The summed E-state index contributed by atoms with van der Waals surface area (Å²) >= 11 is 0. The van der Waals surface area contributed by atoms with Crippen LogP contribution < -0.4 is 0 Å². The van der Waals surface area contributed by atoms with Crippen molar-refractivity contribution >= 4 is 0 Å². The largest absolute Gasteiger partial charge is 0.463 e. The zero-order valence-corrected chi connectivity index (χ0v) is 8.66. The predicted octanol–water partition coefficient (Wildman–Crippen LogP) is 3.10. The van der Waals surface area contributed by atoms with E-state index in [2.05, 4.69) is 4.74 Å². The van der Waals surface area contributed by atoms with Gasteiger partial charge in [0.2, 0.25) is 0 Å². The zero-order chi connectivity index (χ0) is 11.4. The molecule has 2 nitrogen and oxygen atoms in total. The van der Waals surface area contributed by atoms with E-state index in [0.29, 0.717) is 6.61 Å². The van der Waals surface area contributed by atoms with E-state index >= 15 is 0 Å². The van der Waals surface area contributed by atoms with E-state index in [4.69, 9.17) is 4.74 Å². The highest BCUT2D eigenvalue weighted by Crippen LogP contribution is 2.26. The van der Waals surface area contributed by atoms with Crippen molar-refractivity contribution in [2.45, 2.75) is 19.1 Å². The number of rotatable bonds is 4. The van der Waals surface area contributed by atoms with Gasteiger partial charge in [-0.05, 0) is 5.56 Å². The second kappa shape index (κ2) is 5.07. The number of hydrogen-bond acceptors (Lipinski definition) is 2. The van der Waals surface area contributed by atoms with Crippen LogP contribution in [0.1, 0.15) is 12.0 Å². The van der Waals surface area contributed by atoms with E-state index in [1.807, 2.05) is 30.3 Å². The summed E-state index contributed by atoms with van der Waals surface area (Å²) in [6.07, 6.45) is -0.579. The molecular weight excluding hydrogens is 214 g/mol. The van der Waals surface area contributed by atoms with Gasteiger partial charge in [0.25, 0.3) is 0 Å². The summed E-state index contributed by atoms with van der Waals surface area (Å²) in [6, 6.07) is 8.48. The van der Waals surface area contributed by atoms with Crippen molar-refractivity contribution in [1.29, 1.82) is 0 Å². The highest BCUT2D eigenvalue weighted by atomic mass is 19.2. The molecule has 16 heavy (non-hydrogen) atoms. The SMILES string of the molecule is FC1=C(F)O[C@@H](COCc2ccccc2)C1. The Bertz CT molecular complexity index is 362. The molecule has 1 aromatic carbocycles. The van der Waals surface area contributed by atoms with Gasteiger partial charge in [-0.2, -0.15) is 4.39 Å². The lowest BCUT2D eigenvalue weighted by atomic mass is 10.2. The lowest BCUT2D eigenvalue weighted by Gasteiger charge is -2.10. The quantitative estimate of drug-likeness (QED) is 0.785. The first-order valence-corrected chi connectivity index (χ1v) is 5.08. The summed E-state index contributed by atoms with van der Waals surface area (Å²) in [7, 11) is 0. The van der Waals surface area contributed by atoms with Crippen LogP contribution in [-0.2, 0) is 16.1 Å². The minimum atomic E-state index is -1.10. The monoisotopic (exact) mass is 226 g/mol. The van der Waals surface area contributed by atoms with Crippen molar-refractivity contribution in [2.75, 3.05) is 6.61 Å². The first-order valence-electron chi connectivity index (χ1n) is 5.08. The van der Waals surface area contributed by atoms with E-state index in [0.717, 1.165) is 5.56 Å². The molecule has 0 spiro atoms. The summed E-state index contributed by atoms with van der Waals surface area (Å²) in [5, 5.41) is 0. The molecule has 0 radical (unpaired) electrons. The van der Waals surface area contributed by atoms with E-state index in [-0.39, 0.29) is 13.0 Å². The van der Waals surface area contributed by atoms with E-state index < -0.39 is 17.9 Å². The average Bonchev–Trinajstić information content (AvgIpc) is 2.60. The van der Waals surface area contributed by atoms with Crippen LogP contribution in [-0.4, -0.2) is 12.7 Å². The van der Waals surface area contributed by atoms with Crippen molar-refractivity contribution in [1.82, 2.24) is 0 Å². The van der Waals surface area contributed by atoms with Crippen molar-refractivity contribution in [3.05, 3.63) is 47.7 Å². The first kappa shape index (κ1) is 11.1. The highest BCUT2D eigenvalue weighted by Gasteiger charge is 2.26. The topological polar surface area (TPSA) is 18.5 Å². The van der Waals surface area contributed by atoms with Crippen molar-refractivity contribution in [3.8, 4) is 0 Å². The molecule has 0 amide bonds. The molecule has 0 saturated carbocycles. The summed E-state index contributed by atoms with van der Waals surface area (Å²) < 4.78 is 35.1. The first-order chi connectivity index (χ1) is 7.75. The van der Waals surface area contributed by atoms with Gasteiger partial charge < -0.3 is 9.47 Å². The average molecular weight is 226 g/mol. The molecule has 0 bridgehead atoms. The van der Waals surface area contributed by atoms with Gasteiger partial charge in [0, 0.05) is 6.42 Å². The van der Waals surface area contributed by atoms with E-state index in [9.17, 15) is 8.78 Å². The molecule has 0 aliphatic carbocycles. The Morgan fingerprint density at radius 2 is 2.00 bits per heavy atom. The molecule has 1 aliphatic rings. The molecule has 1 aromatic rings. The van der Waals surface area contributed by atoms with Crippen molar-refractivity contribution in [3.63, 3.8) is 0 Å². The Morgan fingerprint density at radius 1 is 1.25 bits per heavy atom. The number of ether oxygens (including phenoxy) is 2. The van der Waals surface area contributed by atoms with Crippen LogP contribution in [0.3, 0.4) is 0 Å². The second-order valence-corrected chi connectivity index (χ2v) is 3.62. The molecule has 1 aliphatic heterocycles. The fourth-order valence-electron chi connectivity index (χ4n) is 1.51. The van der Waals surface area contributed by atoms with Crippen LogP contribution in [0.2, 0.25) is 0 Å². The maximum absolute atomic E-state index is 12.6. The molecule has 1 atom stereocenters. The Kier molecular flexibility index (Phi) is 3.51. The minimum Gasteiger partial charge on any atom is -0.463 e. The van der Waals surface area contributed by atoms with Crippen LogP contribution in [0.25, 0.3) is 0 Å². The van der Waals surface area contributed by atoms with Gasteiger partial charge in [-0.25, -0.2) is 4.39 Å². The number of benzene rings is 1. The van der Waals surface area contributed by atoms with Crippen LogP contribution in [0.5, 0.6) is 0 Å². The second-order valence-electron chi connectivity index (χ2n) is 3.62. The smallest absolute Gasteiger partial charge is 0.305 e. The Balaban J connectivity index is 1.71. The van der Waals surface area contributed by atoms with E-state index in [1.165, 1.54) is 0 Å². The number of hydrogen-bond donors (Lipinski definition) is 0. The summed E-state index contributed by atoms with van der Waals surface area (Å²) in [4.78, 5) is 0. The van der Waals surface area contributed by atoms with Crippen LogP contribution in [0.15, 0.2) is 42.2 Å². The molecule has 0 unspecified atom stereocenters. The third-order valence-electron chi connectivity index (χ3n) is 2.31. The molecule has 0 aromatic heterocycles. The standard InChI is InChI=1S/C12H12F2O2/c13-11-6-10(16-12(11)14)8-15-7-9-4-2-1-3-5-9/h1-5,10H,6-8H2/t10-/m1/s1. The Hall–Kier alpha value is -1.42. The fourth-order valence-corrected chi connectivity index (χ4v) is 1.51. The molecule has 86 valence electrons. The van der Waals surface area contributed by atoms with Crippen LogP contribution in [0, 0.1) is 0 Å². The third-order valence-corrected chi connectivity index (χ3v) is 2.31. The normalized spacial score (nSPS) is 20.0. The maximum Gasteiger partial charge on any atom is 0.305 e. The lowest BCUT2D eigenvalue weighted by Crippen LogP contribution is -2.14. The summed E-state index contributed by atoms with van der Waals surface area (Å²) in [5.74, 6) is -0.826. The zero-order valence-electron chi connectivity index (χ0n) is 8.66. The van der Waals surface area contributed by atoms with Crippen LogP contribution in [0.4, 0.5) is 8.78 Å². The Morgan fingerprint density at radius 3 is 2.62 bits per heavy atom. The predicted molar refractivity (Wildman–Crippen MR) is 54.8 cm³/mol. The van der Waals surface area contributed by atoms with Crippen molar-refractivity contribution in [2.24, 2.45) is 0 Å². The van der Waals surface area contributed by atoms with Gasteiger partial charge in [0.05, 0.1) is 13.2 Å². The van der Waals surface area contributed by atoms with Crippen molar-refractivity contribution < 1.29 is 18.3 Å². The van der Waals surface area contributed by atoms with E-state index in [1.54, 1.807) is 0 Å². The fraction of sp³-hybridized carbons (Fsp3) is 0.333. The van der Waals surface area contributed by atoms with Crippen LogP contribution >= 0.6 is 0 Å². The highest BCUT2D eigenvalue weighted by molar-refractivity contribution is 5.13. The summed E-state index contributed by atoms with van der Waals surface area (Å²) in [6.45, 7) is 0.611. The molecule has 2 rings (SSSR count). The molecule has 0 N–H and O–H groups in total. The van der Waals surface area contributed by atoms with Gasteiger partial charge in [-0.1, -0.05) is 30.3 Å². The van der Waals surface area contributed by atoms with Gasteiger partial charge in [-0.3, -0.25) is 0 Å².